The zero-order chi connectivity index (χ0) is 28.1. The zero-order valence-corrected chi connectivity index (χ0v) is 25.0. The summed E-state index contributed by atoms with van der Waals surface area (Å²) in [4.78, 5) is 7.48. The highest BCUT2D eigenvalue weighted by Crippen LogP contribution is 2.35. The molecule has 5 rings (SSSR count). The molecular weight excluding hydrogens is 496 g/mol. The van der Waals surface area contributed by atoms with Gasteiger partial charge in [-0.1, -0.05) is 45.0 Å². The number of hydrogen-bond acceptors (Lipinski definition) is 7. The average molecular weight is 545 g/mol. The summed E-state index contributed by atoms with van der Waals surface area (Å²) < 4.78 is 6.19. The maximum atomic E-state index is 9.92. The van der Waals surface area contributed by atoms with E-state index < -0.39 is 0 Å². The third-order valence-corrected chi connectivity index (χ3v) is 9.18. The summed E-state index contributed by atoms with van der Waals surface area (Å²) in [5, 5.41) is 16.8. The Hall–Kier alpha value is -2.47. The molecule has 40 heavy (non-hydrogen) atoms. The molecule has 3 heterocycles. The van der Waals surface area contributed by atoms with Crippen molar-refractivity contribution in [2.75, 3.05) is 70.9 Å². The molecule has 0 saturated carbocycles. The number of rotatable bonds is 10. The van der Waals surface area contributed by atoms with Crippen molar-refractivity contribution in [3.63, 3.8) is 0 Å². The van der Waals surface area contributed by atoms with Gasteiger partial charge in [-0.3, -0.25) is 9.80 Å². The van der Waals surface area contributed by atoms with Crippen molar-refractivity contribution in [1.29, 1.82) is 5.26 Å². The Kier molecular flexibility index (Phi) is 9.77. The molecule has 3 aliphatic rings. The first-order chi connectivity index (χ1) is 19.4. The summed E-state index contributed by atoms with van der Waals surface area (Å²) in [5.41, 5.74) is 7.33. The van der Waals surface area contributed by atoms with E-state index in [2.05, 4.69) is 95.6 Å². The van der Waals surface area contributed by atoms with Gasteiger partial charge in [0.1, 0.15) is 0 Å². The van der Waals surface area contributed by atoms with Gasteiger partial charge in [-0.2, -0.15) is 5.26 Å². The van der Waals surface area contributed by atoms with Crippen LogP contribution in [0.1, 0.15) is 66.8 Å². The second kappa shape index (κ2) is 13.5. The normalized spacial score (nSPS) is 23.0. The van der Waals surface area contributed by atoms with Gasteiger partial charge < -0.3 is 20.3 Å². The van der Waals surface area contributed by atoms with Crippen LogP contribution in [0.4, 0.5) is 5.69 Å². The van der Waals surface area contributed by atoms with Crippen molar-refractivity contribution in [2.45, 2.75) is 64.3 Å². The number of nitrogens with one attached hydrogen (secondary N) is 2. The van der Waals surface area contributed by atoms with E-state index >= 15 is 0 Å². The van der Waals surface area contributed by atoms with Gasteiger partial charge in [0.15, 0.2) is 0 Å². The third kappa shape index (κ3) is 6.87. The second-order valence-electron chi connectivity index (χ2n) is 12.3. The number of anilines is 1. The van der Waals surface area contributed by atoms with Gasteiger partial charge in [0.05, 0.1) is 30.4 Å². The first kappa shape index (κ1) is 29.0. The van der Waals surface area contributed by atoms with Crippen LogP contribution in [-0.4, -0.2) is 88.0 Å². The standard InChI is InChI=1S/C33H48N6O/c1-24(2)26-5-8-29(22-39-15-11-36-12-16-39)31(19-26)37(4)32-23-40-33(32)17-25(3)27-6-7-28(30(18-27)20-34)21-38-13-9-35-10-14-38/h5-8,18-19,24-25,32-33,35-36H,9-17,21-23H2,1-4H3. The van der Waals surface area contributed by atoms with Crippen LogP contribution in [0.2, 0.25) is 0 Å². The van der Waals surface area contributed by atoms with Crippen LogP contribution in [0.5, 0.6) is 0 Å². The molecule has 0 bridgehead atoms. The Labute approximate surface area is 241 Å². The number of hydrogen-bond donors (Lipinski definition) is 2. The summed E-state index contributed by atoms with van der Waals surface area (Å²) in [6.45, 7) is 17.9. The van der Waals surface area contributed by atoms with E-state index in [0.29, 0.717) is 17.9 Å². The quantitative estimate of drug-likeness (QED) is 0.471. The smallest absolute Gasteiger partial charge is 0.0995 e. The van der Waals surface area contributed by atoms with E-state index in [-0.39, 0.29) is 6.10 Å². The first-order valence-electron chi connectivity index (χ1n) is 15.3. The highest BCUT2D eigenvalue weighted by molar-refractivity contribution is 5.57. The molecule has 3 aliphatic heterocycles. The number of benzene rings is 2. The van der Waals surface area contributed by atoms with Gasteiger partial charge in [0.2, 0.25) is 0 Å². The van der Waals surface area contributed by atoms with Gasteiger partial charge in [-0.25, -0.2) is 0 Å². The Balaban J connectivity index is 1.27. The van der Waals surface area contributed by atoms with Crippen molar-refractivity contribution in [1.82, 2.24) is 20.4 Å². The van der Waals surface area contributed by atoms with Crippen LogP contribution < -0.4 is 15.5 Å². The fraction of sp³-hybridized carbons (Fsp3) is 0.606. The average Bonchev–Trinajstić information content (AvgIpc) is 2.96. The van der Waals surface area contributed by atoms with E-state index in [1.54, 1.807) is 0 Å². The zero-order valence-electron chi connectivity index (χ0n) is 25.0. The lowest BCUT2D eigenvalue weighted by Crippen LogP contribution is -2.55. The van der Waals surface area contributed by atoms with Crippen LogP contribution in [0, 0.1) is 11.3 Å². The van der Waals surface area contributed by atoms with E-state index in [9.17, 15) is 5.26 Å². The first-order valence-corrected chi connectivity index (χ1v) is 15.3. The highest BCUT2D eigenvalue weighted by Gasteiger charge is 2.37. The van der Waals surface area contributed by atoms with Crippen LogP contribution in [-0.2, 0) is 17.8 Å². The predicted molar refractivity (Wildman–Crippen MR) is 163 cm³/mol. The summed E-state index contributed by atoms with van der Waals surface area (Å²) >= 11 is 0. The van der Waals surface area contributed by atoms with Crippen LogP contribution in [0.3, 0.4) is 0 Å². The summed E-state index contributed by atoms with van der Waals surface area (Å²) in [7, 11) is 2.25. The minimum Gasteiger partial charge on any atom is -0.374 e. The van der Waals surface area contributed by atoms with Gasteiger partial charge in [0, 0.05) is 78.2 Å². The molecule has 0 radical (unpaired) electrons. The molecule has 7 heteroatoms. The number of likely N-dealkylation sites (N-methyl/N-ethyl adjacent to an activating group) is 1. The molecule has 2 N–H and O–H groups in total. The van der Waals surface area contributed by atoms with Gasteiger partial charge in [0.25, 0.3) is 0 Å². The van der Waals surface area contributed by atoms with E-state index in [1.807, 2.05) is 0 Å². The number of piperazine rings is 2. The van der Waals surface area contributed by atoms with Crippen LogP contribution in [0.25, 0.3) is 0 Å². The van der Waals surface area contributed by atoms with Gasteiger partial charge in [-0.05, 0) is 52.6 Å². The topological polar surface area (TPSA) is 66.8 Å². The van der Waals surface area contributed by atoms with E-state index in [1.165, 1.54) is 22.4 Å². The fourth-order valence-corrected chi connectivity index (χ4v) is 6.33. The van der Waals surface area contributed by atoms with Crippen molar-refractivity contribution < 1.29 is 4.74 Å². The van der Waals surface area contributed by atoms with Crippen molar-refractivity contribution >= 4 is 5.69 Å². The van der Waals surface area contributed by atoms with Crippen molar-refractivity contribution in [3.8, 4) is 6.07 Å². The Bertz CT molecular complexity index is 1160. The lowest BCUT2D eigenvalue weighted by atomic mass is 9.88. The molecule has 0 spiro atoms. The molecule has 3 atom stereocenters. The van der Waals surface area contributed by atoms with Gasteiger partial charge >= 0.3 is 0 Å². The number of ether oxygens (including phenoxy) is 1. The fourth-order valence-electron chi connectivity index (χ4n) is 6.33. The number of nitriles is 1. The van der Waals surface area contributed by atoms with Gasteiger partial charge in [-0.15, -0.1) is 0 Å². The minimum atomic E-state index is 0.181. The summed E-state index contributed by atoms with van der Waals surface area (Å²) in [6.07, 6.45) is 1.13. The monoisotopic (exact) mass is 544 g/mol. The van der Waals surface area contributed by atoms with Crippen molar-refractivity contribution in [3.05, 3.63) is 64.2 Å². The lowest BCUT2D eigenvalue weighted by molar-refractivity contribution is -0.0801. The summed E-state index contributed by atoms with van der Waals surface area (Å²) in [6, 6.07) is 16.4. The Morgan fingerprint density at radius 3 is 2.08 bits per heavy atom. The molecule has 7 nitrogen and oxygen atoms in total. The largest absolute Gasteiger partial charge is 0.374 e. The van der Waals surface area contributed by atoms with E-state index in [4.69, 9.17) is 4.74 Å². The molecule has 2 aromatic rings. The third-order valence-electron chi connectivity index (χ3n) is 9.18. The molecular formula is C33H48N6O. The molecule has 216 valence electrons. The Morgan fingerprint density at radius 1 is 0.900 bits per heavy atom. The van der Waals surface area contributed by atoms with Crippen molar-refractivity contribution in [2.24, 2.45) is 0 Å². The molecule has 3 unspecified atom stereocenters. The van der Waals surface area contributed by atoms with Crippen LogP contribution >= 0.6 is 0 Å². The predicted octanol–water partition coefficient (Wildman–Crippen LogP) is 3.89. The molecule has 3 fully saturated rings. The molecule has 0 amide bonds. The SMILES string of the molecule is CC(C)c1ccc(CN2CCNCC2)c(N(C)C2COC2CC(C)c2ccc(CN3CCNCC3)c(C#N)c2)c1. The molecule has 3 saturated heterocycles. The Morgan fingerprint density at radius 2 is 1.50 bits per heavy atom. The number of nitrogens with zero attached hydrogens (tertiary/aromatic N) is 4. The highest BCUT2D eigenvalue weighted by atomic mass is 16.5. The maximum absolute atomic E-state index is 9.92. The molecule has 0 aliphatic carbocycles. The summed E-state index contributed by atoms with van der Waals surface area (Å²) in [5.74, 6) is 0.821. The molecule has 0 aromatic heterocycles. The second-order valence-corrected chi connectivity index (χ2v) is 12.3. The maximum Gasteiger partial charge on any atom is 0.0995 e. The van der Waals surface area contributed by atoms with E-state index in [0.717, 1.165) is 89.6 Å². The molecule has 2 aromatic carbocycles. The van der Waals surface area contributed by atoms with Crippen LogP contribution in [0.15, 0.2) is 36.4 Å². The lowest BCUT2D eigenvalue weighted by Gasteiger charge is -2.45. The minimum absolute atomic E-state index is 0.181.